The lowest BCUT2D eigenvalue weighted by molar-refractivity contribution is -0.765. The molecule has 0 unspecified atom stereocenters. The van der Waals surface area contributed by atoms with E-state index in [1.54, 1.807) is 10.9 Å². The van der Waals surface area contributed by atoms with Gasteiger partial charge in [-0.25, -0.2) is 4.98 Å². The number of nitrogens with two attached hydrogens (primary N) is 1. The number of hydrogen-bond acceptors (Lipinski definition) is 6. The first-order chi connectivity index (χ1) is 11.0. The molecule has 7 nitrogen and oxygen atoms in total. The fourth-order valence-electron chi connectivity index (χ4n) is 2.63. The van der Waals surface area contributed by atoms with Crippen molar-refractivity contribution in [3.63, 3.8) is 0 Å². The number of nitrogens with one attached hydrogen (secondary N) is 1. The maximum Gasteiger partial charge on any atom is 0.302 e. The molecule has 0 saturated heterocycles. The molecule has 3 aromatic heterocycles. The molecule has 118 valence electrons. The van der Waals surface area contributed by atoms with E-state index in [4.69, 9.17) is 10.3 Å². The Morgan fingerprint density at radius 3 is 3.00 bits per heavy atom. The molecule has 0 aliphatic heterocycles. The van der Waals surface area contributed by atoms with E-state index >= 15 is 0 Å². The Kier molecular flexibility index (Phi) is 3.08. The number of nitrogens with zero attached hydrogens (tertiary/aromatic N) is 3. The topological polar surface area (TPSA) is 97.9 Å². The quantitative estimate of drug-likeness (QED) is 0.718. The van der Waals surface area contributed by atoms with Gasteiger partial charge in [-0.3, -0.25) is 14.6 Å². The van der Waals surface area contributed by atoms with Gasteiger partial charge in [0, 0.05) is 23.9 Å². The Balaban J connectivity index is 1.66. The number of pyridine rings is 1. The lowest BCUT2D eigenvalue weighted by Crippen LogP contribution is -2.32. The van der Waals surface area contributed by atoms with Gasteiger partial charge in [0.25, 0.3) is 12.1 Å². The standard InChI is InChI=1S/C15H15N5O2S/c1-7-5-8(2)17-15-11(7)12(16)13(23-15)14(21)18-10-6-20(19-22-10)9-3-4-9/h5-6,9H,3-4H2,1-2H3,(H2-,16,18,19,21)/p+1. The number of carbonyl (C=O) groups excluding carboxylic acids is 1. The van der Waals surface area contributed by atoms with Gasteiger partial charge in [-0.15, -0.1) is 11.3 Å². The van der Waals surface area contributed by atoms with Crippen LogP contribution in [0.1, 0.15) is 39.8 Å². The molecule has 3 aromatic rings. The lowest BCUT2D eigenvalue weighted by Gasteiger charge is -2.00. The van der Waals surface area contributed by atoms with Gasteiger partial charge >= 0.3 is 5.88 Å². The smallest absolute Gasteiger partial charge is 0.302 e. The van der Waals surface area contributed by atoms with E-state index < -0.39 is 0 Å². The number of aryl methyl sites for hydroxylation is 2. The number of amides is 1. The third-order valence-corrected chi connectivity index (χ3v) is 4.97. The molecule has 3 N–H and O–H groups in total. The van der Waals surface area contributed by atoms with Crippen molar-refractivity contribution in [2.45, 2.75) is 32.7 Å². The van der Waals surface area contributed by atoms with Crippen molar-refractivity contribution in [3.05, 3.63) is 28.4 Å². The summed E-state index contributed by atoms with van der Waals surface area (Å²) in [5.74, 6) is 0.0151. The van der Waals surface area contributed by atoms with Crippen molar-refractivity contribution >= 4 is 39.0 Å². The summed E-state index contributed by atoms with van der Waals surface area (Å²) < 4.78 is 6.88. The van der Waals surface area contributed by atoms with Crippen LogP contribution in [0.3, 0.4) is 0 Å². The van der Waals surface area contributed by atoms with Crippen LogP contribution in [-0.2, 0) is 0 Å². The van der Waals surface area contributed by atoms with Crippen LogP contribution in [0.4, 0.5) is 11.6 Å². The molecular weight excluding hydrogens is 314 g/mol. The van der Waals surface area contributed by atoms with Crippen LogP contribution in [-0.4, -0.2) is 16.2 Å². The molecule has 8 heteroatoms. The van der Waals surface area contributed by atoms with Crippen molar-refractivity contribution in [3.8, 4) is 0 Å². The van der Waals surface area contributed by atoms with E-state index in [2.05, 4.69) is 15.6 Å². The molecule has 0 aromatic carbocycles. The normalized spacial score (nSPS) is 14.3. The molecule has 1 saturated carbocycles. The Morgan fingerprint density at radius 2 is 2.26 bits per heavy atom. The first kappa shape index (κ1) is 14.1. The number of rotatable bonds is 3. The average Bonchev–Trinajstić information content (AvgIpc) is 3.14. The number of nitrogen functional groups attached to an aromatic ring is 1. The van der Waals surface area contributed by atoms with Gasteiger partial charge in [-0.05, 0) is 30.2 Å². The zero-order chi connectivity index (χ0) is 16.1. The predicted molar refractivity (Wildman–Crippen MR) is 86.4 cm³/mol. The van der Waals surface area contributed by atoms with E-state index in [0.29, 0.717) is 22.5 Å². The Hall–Kier alpha value is -2.48. The first-order valence-corrected chi connectivity index (χ1v) is 8.20. The van der Waals surface area contributed by atoms with Crippen molar-refractivity contribution in [1.29, 1.82) is 0 Å². The lowest BCUT2D eigenvalue weighted by atomic mass is 10.1. The summed E-state index contributed by atoms with van der Waals surface area (Å²) >= 11 is 1.29. The third kappa shape index (κ3) is 2.44. The highest BCUT2D eigenvalue weighted by Crippen LogP contribution is 2.35. The van der Waals surface area contributed by atoms with Crippen LogP contribution in [0.5, 0.6) is 0 Å². The molecule has 4 rings (SSSR count). The Morgan fingerprint density at radius 1 is 1.48 bits per heavy atom. The molecule has 1 amide bonds. The van der Waals surface area contributed by atoms with Crippen LogP contribution in [0.15, 0.2) is 16.8 Å². The molecule has 23 heavy (non-hydrogen) atoms. The number of thiophene rings is 1. The zero-order valence-electron chi connectivity index (χ0n) is 12.8. The Bertz CT molecular complexity index is 925. The summed E-state index contributed by atoms with van der Waals surface area (Å²) in [5.41, 5.74) is 8.55. The molecule has 0 radical (unpaired) electrons. The second kappa shape index (κ2) is 5.02. The fourth-order valence-corrected chi connectivity index (χ4v) is 3.74. The first-order valence-electron chi connectivity index (χ1n) is 7.38. The minimum atomic E-state index is -0.304. The molecule has 0 bridgehead atoms. The van der Waals surface area contributed by atoms with Crippen molar-refractivity contribution < 1.29 is 14.0 Å². The summed E-state index contributed by atoms with van der Waals surface area (Å²) in [6, 6.07) is 2.36. The van der Waals surface area contributed by atoms with Crippen molar-refractivity contribution in [2.24, 2.45) is 0 Å². The predicted octanol–water partition coefficient (Wildman–Crippen LogP) is 2.36. The highest BCUT2D eigenvalue weighted by molar-refractivity contribution is 7.21. The summed E-state index contributed by atoms with van der Waals surface area (Å²) in [5, 5.41) is 7.46. The van der Waals surface area contributed by atoms with Gasteiger partial charge in [0.15, 0.2) is 6.04 Å². The van der Waals surface area contributed by atoms with Crippen LogP contribution in [0.25, 0.3) is 10.2 Å². The highest BCUT2D eigenvalue weighted by atomic mass is 32.1. The molecule has 3 heterocycles. The molecule has 1 aliphatic carbocycles. The van der Waals surface area contributed by atoms with E-state index in [1.165, 1.54) is 11.3 Å². The van der Waals surface area contributed by atoms with E-state index in [9.17, 15) is 4.79 Å². The fraction of sp³-hybridized carbons (Fsp3) is 0.333. The van der Waals surface area contributed by atoms with Gasteiger partial charge in [-0.2, -0.15) is 0 Å². The van der Waals surface area contributed by atoms with Gasteiger partial charge < -0.3 is 5.73 Å². The molecule has 1 aliphatic rings. The SMILES string of the molecule is Cc1cc(C)c2c(N)c(C(=O)Nc3c[n+](C4CC4)no3)sc2n1. The van der Waals surface area contributed by atoms with Crippen LogP contribution < -0.4 is 15.7 Å². The van der Waals surface area contributed by atoms with Crippen molar-refractivity contribution in [2.75, 3.05) is 11.1 Å². The minimum absolute atomic E-state index is 0.304. The van der Waals surface area contributed by atoms with Crippen LogP contribution in [0, 0.1) is 13.8 Å². The largest absolute Gasteiger partial charge is 0.397 e. The number of carbonyl (C=O) groups is 1. The van der Waals surface area contributed by atoms with E-state index in [0.717, 1.165) is 34.3 Å². The monoisotopic (exact) mass is 330 g/mol. The number of fused-ring (bicyclic) bond motifs is 1. The van der Waals surface area contributed by atoms with Gasteiger partial charge in [0.1, 0.15) is 9.71 Å². The zero-order valence-corrected chi connectivity index (χ0v) is 13.6. The summed E-state index contributed by atoms with van der Waals surface area (Å²) in [6.07, 6.45) is 3.89. The molecule has 0 atom stereocenters. The maximum absolute atomic E-state index is 12.5. The van der Waals surface area contributed by atoms with E-state index in [1.807, 2.05) is 19.9 Å². The van der Waals surface area contributed by atoms with E-state index in [-0.39, 0.29) is 5.91 Å². The summed E-state index contributed by atoms with van der Waals surface area (Å²) in [4.78, 5) is 18.2. The van der Waals surface area contributed by atoms with Crippen LogP contribution in [0.2, 0.25) is 0 Å². The second-order valence-electron chi connectivity index (χ2n) is 5.84. The summed E-state index contributed by atoms with van der Waals surface area (Å²) in [7, 11) is 0. The third-order valence-electron chi connectivity index (χ3n) is 3.87. The van der Waals surface area contributed by atoms with Crippen LogP contribution >= 0.6 is 11.3 Å². The Labute approximate surface area is 136 Å². The molecule has 1 fully saturated rings. The second-order valence-corrected chi connectivity index (χ2v) is 6.84. The molecular formula is C15H16N5O2S+. The summed E-state index contributed by atoms with van der Waals surface area (Å²) in [6.45, 7) is 3.89. The minimum Gasteiger partial charge on any atom is -0.397 e. The van der Waals surface area contributed by atoms with Crippen molar-refractivity contribution in [1.82, 2.24) is 10.3 Å². The maximum atomic E-state index is 12.5. The van der Waals surface area contributed by atoms with Gasteiger partial charge in [0.05, 0.1) is 5.69 Å². The highest BCUT2D eigenvalue weighted by Gasteiger charge is 2.36. The number of hydrogen-bond donors (Lipinski definition) is 2. The average molecular weight is 330 g/mol. The molecule has 0 spiro atoms. The number of aromatic nitrogens is 3. The number of anilines is 2. The van der Waals surface area contributed by atoms with Gasteiger partial charge in [-0.1, -0.05) is 0 Å². The van der Waals surface area contributed by atoms with Gasteiger partial charge in [0.2, 0.25) is 5.27 Å².